The molecule has 1 heterocycles. The molecule has 4 rings (SSSR count). The van der Waals surface area contributed by atoms with Crippen molar-refractivity contribution in [2.24, 2.45) is 0 Å². The molecule has 0 bridgehead atoms. The van der Waals surface area contributed by atoms with Gasteiger partial charge in [-0.1, -0.05) is 72.3 Å². The number of carboxylic acids is 1. The Morgan fingerprint density at radius 1 is 1.00 bits per heavy atom. The van der Waals surface area contributed by atoms with E-state index in [1.54, 1.807) is 43.3 Å². The van der Waals surface area contributed by atoms with Crippen LogP contribution in [0.25, 0.3) is 11.1 Å². The highest BCUT2D eigenvalue weighted by Crippen LogP contribution is 2.25. The smallest absolute Gasteiger partial charge is 0.331 e. The number of nitrogens with one attached hydrogen (secondary N) is 1. The monoisotopic (exact) mass is 549 g/mol. The van der Waals surface area contributed by atoms with Crippen molar-refractivity contribution in [1.29, 1.82) is 0 Å². The number of hydrogen-bond acceptors (Lipinski definition) is 4. The summed E-state index contributed by atoms with van der Waals surface area (Å²) in [4.78, 5) is 38.5. The first-order valence-electron chi connectivity index (χ1n) is 12.6. The molecule has 0 aliphatic heterocycles. The molecule has 7 nitrogen and oxygen atoms in total. The molecule has 0 saturated carbocycles. The second-order valence-electron chi connectivity index (χ2n) is 9.30. The van der Waals surface area contributed by atoms with Crippen molar-refractivity contribution in [3.63, 3.8) is 0 Å². The van der Waals surface area contributed by atoms with Crippen LogP contribution in [0, 0.1) is 12.7 Å². The minimum atomic E-state index is -0.900. The fraction of sp³-hybridized carbons (Fsp3) is 0.233. The van der Waals surface area contributed by atoms with Gasteiger partial charge in [0.15, 0.2) is 0 Å². The third kappa shape index (κ3) is 6.71. The van der Waals surface area contributed by atoms with Gasteiger partial charge in [-0.05, 0) is 43.1 Å². The molecular formula is C30H29ClFN3O4. The first-order valence-corrected chi connectivity index (χ1v) is 13.0. The molecule has 39 heavy (non-hydrogen) atoms. The third-order valence-corrected chi connectivity index (χ3v) is 6.94. The number of rotatable bonds is 11. The van der Waals surface area contributed by atoms with Crippen molar-refractivity contribution in [2.45, 2.75) is 38.9 Å². The van der Waals surface area contributed by atoms with Crippen LogP contribution < -0.4 is 16.6 Å². The van der Waals surface area contributed by atoms with Crippen LogP contribution >= 0.6 is 11.6 Å². The fourth-order valence-electron chi connectivity index (χ4n) is 4.50. The van der Waals surface area contributed by atoms with E-state index in [-0.39, 0.29) is 25.1 Å². The molecule has 4 aromatic rings. The predicted molar refractivity (Wildman–Crippen MR) is 150 cm³/mol. The van der Waals surface area contributed by atoms with Gasteiger partial charge in [0, 0.05) is 28.8 Å². The van der Waals surface area contributed by atoms with Crippen LogP contribution in [0.2, 0.25) is 5.02 Å². The molecule has 0 unspecified atom stereocenters. The van der Waals surface area contributed by atoms with Crippen LogP contribution in [0.15, 0.2) is 88.6 Å². The van der Waals surface area contributed by atoms with Crippen molar-refractivity contribution >= 4 is 17.6 Å². The second-order valence-corrected chi connectivity index (χ2v) is 9.71. The average molecular weight is 550 g/mol. The van der Waals surface area contributed by atoms with E-state index in [1.165, 1.54) is 16.8 Å². The normalized spacial score (nSPS) is 11.9. The summed E-state index contributed by atoms with van der Waals surface area (Å²) in [6.07, 6.45) is 1.81. The molecule has 0 aliphatic rings. The van der Waals surface area contributed by atoms with E-state index < -0.39 is 29.1 Å². The number of aromatic nitrogens is 2. The molecule has 0 saturated heterocycles. The van der Waals surface area contributed by atoms with Gasteiger partial charge in [-0.2, -0.15) is 0 Å². The van der Waals surface area contributed by atoms with Gasteiger partial charge in [0.05, 0.1) is 24.7 Å². The van der Waals surface area contributed by atoms with E-state index >= 15 is 0 Å². The Balaban J connectivity index is 1.82. The van der Waals surface area contributed by atoms with Gasteiger partial charge in [0.2, 0.25) is 0 Å². The Kier molecular flexibility index (Phi) is 9.11. The van der Waals surface area contributed by atoms with E-state index in [9.17, 15) is 18.8 Å². The van der Waals surface area contributed by atoms with Crippen LogP contribution in [-0.4, -0.2) is 26.8 Å². The minimum absolute atomic E-state index is 0.00868. The van der Waals surface area contributed by atoms with Gasteiger partial charge in [0.25, 0.3) is 5.56 Å². The number of aliphatic carboxylic acids is 1. The van der Waals surface area contributed by atoms with Crippen LogP contribution in [0.1, 0.15) is 35.6 Å². The summed E-state index contributed by atoms with van der Waals surface area (Å²) in [6, 6.07) is 20.4. The maximum atomic E-state index is 14.7. The highest BCUT2D eigenvalue weighted by Gasteiger charge is 2.20. The summed E-state index contributed by atoms with van der Waals surface area (Å²) in [6.45, 7) is 2.04. The van der Waals surface area contributed by atoms with E-state index in [2.05, 4.69) is 5.32 Å². The molecule has 0 aliphatic carbocycles. The largest absolute Gasteiger partial charge is 0.481 e. The summed E-state index contributed by atoms with van der Waals surface area (Å²) in [5.41, 5.74) is 1.42. The van der Waals surface area contributed by atoms with E-state index in [4.69, 9.17) is 16.7 Å². The number of aryl methyl sites for hydroxylation is 1. The van der Waals surface area contributed by atoms with E-state index in [0.717, 1.165) is 10.1 Å². The molecule has 9 heteroatoms. The zero-order valence-corrected chi connectivity index (χ0v) is 22.2. The van der Waals surface area contributed by atoms with Gasteiger partial charge in [-0.15, -0.1) is 0 Å². The number of nitrogens with zero attached hydrogens (tertiary/aromatic N) is 2. The summed E-state index contributed by atoms with van der Waals surface area (Å²) in [7, 11) is 0. The molecule has 0 radical (unpaired) electrons. The standard InChI is InChI=1S/C30H29ClFN3O4/c1-20-9-7-14-26(32)23(20)17-34-18-24(22-12-5-6-13-25(22)31)29(38)35(30(34)39)19-27(21-10-3-2-4-11-21)33-16-8-15-28(36)37/h2-7,9-14,18,27,33H,8,15-17,19H2,1H3,(H,36,37)/t27-/m0/s1. The number of carboxylic acid groups (broad SMARTS) is 1. The maximum Gasteiger partial charge on any atom is 0.331 e. The lowest BCUT2D eigenvalue weighted by atomic mass is 10.1. The zero-order valence-electron chi connectivity index (χ0n) is 21.4. The first kappa shape index (κ1) is 28.0. The zero-order chi connectivity index (χ0) is 27.9. The molecule has 2 N–H and O–H groups in total. The van der Waals surface area contributed by atoms with Crippen molar-refractivity contribution in [3.05, 3.63) is 127 Å². The van der Waals surface area contributed by atoms with Crippen LogP contribution in [-0.2, 0) is 17.9 Å². The quantitative estimate of drug-likeness (QED) is 0.256. The fourth-order valence-corrected chi connectivity index (χ4v) is 4.74. The third-order valence-electron chi connectivity index (χ3n) is 6.61. The van der Waals surface area contributed by atoms with Gasteiger partial charge in [0.1, 0.15) is 5.82 Å². The molecule has 0 amide bonds. The summed E-state index contributed by atoms with van der Waals surface area (Å²) >= 11 is 6.44. The lowest BCUT2D eigenvalue weighted by Crippen LogP contribution is -2.43. The van der Waals surface area contributed by atoms with Crippen molar-refractivity contribution in [2.75, 3.05) is 6.54 Å². The van der Waals surface area contributed by atoms with Crippen LogP contribution in [0.5, 0.6) is 0 Å². The molecule has 1 atom stereocenters. The average Bonchev–Trinajstić information content (AvgIpc) is 2.92. The van der Waals surface area contributed by atoms with Gasteiger partial charge in [-0.3, -0.25) is 18.7 Å². The number of carbonyl (C=O) groups is 1. The Bertz CT molecular complexity index is 1560. The molecule has 0 fully saturated rings. The predicted octanol–water partition coefficient (Wildman–Crippen LogP) is 5.02. The molecule has 1 aromatic heterocycles. The maximum absolute atomic E-state index is 14.7. The van der Waals surface area contributed by atoms with Crippen LogP contribution in [0.3, 0.4) is 0 Å². The summed E-state index contributed by atoms with van der Waals surface area (Å²) in [5, 5.41) is 12.6. The molecule has 0 spiro atoms. The highest BCUT2D eigenvalue weighted by atomic mass is 35.5. The SMILES string of the molecule is Cc1cccc(F)c1Cn1cc(-c2ccccc2Cl)c(=O)n(C[C@H](NCCCC(=O)O)c2ccccc2)c1=O. The lowest BCUT2D eigenvalue weighted by Gasteiger charge is -2.22. The van der Waals surface area contributed by atoms with Gasteiger partial charge < -0.3 is 10.4 Å². The van der Waals surface area contributed by atoms with E-state index in [1.807, 2.05) is 30.3 Å². The second kappa shape index (κ2) is 12.7. The number of hydrogen-bond donors (Lipinski definition) is 2. The Labute approximate surface area is 230 Å². The summed E-state index contributed by atoms with van der Waals surface area (Å²) in [5.74, 6) is -1.34. The van der Waals surface area contributed by atoms with Crippen molar-refractivity contribution in [1.82, 2.24) is 14.5 Å². The topological polar surface area (TPSA) is 93.3 Å². The Morgan fingerprint density at radius 2 is 1.72 bits per heavy atom. The lowest BCUT2D eigenvalue weighted by molar-refractivity contribution is -0.137. The summed E-state index contributed by atoms with van der Waals surface area (Å²) < 4.78 is 17.2. The number of halogens is 2. The van der Waals surface area contributed by atoms with E-state index in [0.29, 0.717) is 34.7 Å². The molecular weight excluding hydrogens is 521 g/mol. The Morgan fingerprint density at radius 3 is 2.41 bits per heavy atom. The first-order chi connectivity index (χ1) is 18.8. The van der Waals surface area contributed by atoms with Crippen molar-refractivity contribution < 1.29 is 14.3 Å². The van der Waals surface area contributed by atoms with Crippen molar-refractivity contribution in [3.8, 4) is 11.1 Å². The van der Waals surface area contributed by atoms with Gasteiger partial charge in [-0.25, -0.2) is 9.18 Å². The minimum Gasteiger partial charge on any atom is -0.481 e. The Hall–Kier alpha value is -4.01. The van der Waals surface area contributed by atoms with Gasteiger partial charge >= 0.3 is 11.7 Å². The highest BCUT2D eigenvalue weighted by molar-refractivity contribution is 6.33. The van der Waals surface area contributed by atoms with Crippen LogP contribution in [0.4, 0.5) is 4.39 Å². The molecule has 202 valence electrons. The number of benzene rings is 3. The molecule has 3 aromatic carbocycles.